The van der Waals surface area contributed by atoms with Gasteiger partial charge in [-0.15, -0.1) is 0 Å². The van der Waals surface area contributed by atoms with E-state index >= 15 is 0 Å². The largest absolute Gasteiger partial charge is 0.492 e. The van der Waals surface area contributed by atoms with Crippen molar-refractivity contribution in [2.75, 3.05) is 6.61 Å². The Morgan fingerprint density at radius 3 is 2.83 bits per heavy atom. The van der Waals surface area contributed by atoms with E-state index < -0.39 is 0 Å². The van der Waals surface area contributed by atoms with Gasteiger partial charge in [-0.25, -0.2) is 0 Å². The predicted octanol–water partition coefficient (Wildman–Crippen LogP) is 4.33. The number of carbonyl (C=O) groups excluding carboxylic acids is 1. The number of nitrogens with zero attached hydrogens (tertiary/aromatic N) is 1. The Hall–Kier alpha value is -3.18. The second kappa shape index (κ2) is 7.92. The van der Waals surface area contributed by atoms with Gasteiger partial charge in [0.25, 0.3) is 5.91 Å². The first kappa shape index (κ1) is 20.1. The Kier molecular flexibility index (Phi) is 5.31. The maximum Gasteiger partial charge on any atom is 0.252 e. The number of hydrogen-bond acceptors (Lipinski definition) is 4. The van der Waals surface area contributed by atoms with E-state index in [0.717, 1.165) is 40.4 Å². The molecule has 0 unspecified atom stereocenters. The molecule has 0 saturated heterocycles. The normalized spacial score (nSPS) is 15.4. The smallest absolute Gasteiger partial charge is 0.252 e. The average Bonchev–Trinajstić information content (AvgIpc) is 3.52. The molecule has 2 aromatic carbocycles. The number of fused-ring (bicyclic) bond motifs is 1. The molecule has 1 amide bonds. The Bertz CT molecular complexity index is 1120. The van der Waals surface area contributed by atoms with Crippen LogP contribution in [0.2, 0.25) is 0 Å². The lowest BCUT2D eigenvalue weighted by Gasteiger charge is -2.21. The minimum atomic E-state index is -0.382. The number of aromatic nitrogens is 1. The third kappa shape index (κ3) is 3.94. The molecule has 1 aliphatic rings. The van der Waals surface area contributed by atoms with Crippen LogP contribution in [-0.4, -0.2) is 23.5 Å². The molecule has 5 heteroatoms. The Morgan fingerprint density at radius 2 is 2.13 bits per heavy atom. The van der Waals surface area contributed by atoms with E-state index in [4.69, 9.17) is 10.5 Å². The topological polar surface area (TPSA) is 77.2 Å². The summed E-state index contributed by atoms with van der Waals surface area (Å²) < 4.78 is 5.71. The van der Waals surface area contributed by atoms with Crippen molar-refractivity contribution < 1.29 is 9.53 Å². The molecule has 0 radical (unpaired) electrons. The van der Waals surface area contributed by atoms with E-state index in [0.29, 0.717) is 17.9 Å². The minimum Gasteiger partial charge on any atom is -0.492 e. The standard InChI is InChI=1S/C25H27N3O2/c1-4-18-12-22(20-6-5-11-27-23(20)13-18)25(9-10-25)28-24(29)21-14-19(8-7-16(21)2)30-15-17(3)26/h4-8,11-14,17H,1,9-10,15,26H2,2-3H3,(H,28,29)/t17-/m0/s1. The summed E-state index contributed by atoms with van der Waals surface area (Å²) >= 11 is 0. The zero-order valence-electron chi connectivity index (χ0n) is 17.4. The highest BCUT2D eigenvalue weighted by Gasteiger charge is 2.47. The van der Waals surface area contributed by atoms with Crippen LogP contribution in [0.25, 0.3) is 17.0 Å². The Labute approximate surface area is 177 Å². The highest BCUT2D eigenvalue weighted by molar-refractivity contribution is 5.97. The number of nitrogens with one attached hydrogen (secondary N) is 1. The second-order valence-corrected chi connectivity index (χ2v) is 8.14. The molecule has 1 aromatic heterocycles. The van der Waals surface area contributed by atoms with Crippen molar-refractivity contribution >= 4 is 22.9 Å². The van der Waals surface area contributed by atoms with Crippen LogP contribution in [0.1, 0.15) is 46.8 Å². The van der Waals surface area contributed by atoms with Gasteiger partial charge in [0.1, 0.15) is 12.4 Å². The number of ether oxygens (including phenoxy) is 1. The first-order valence-electron chi connectivity index (χ1n) is 10.2. The molecule has 30 heavy (non-hydrogen) atoms. The summed E-state index contributed by atoms with van der Waals surface area (Å²) in [6, 6.07) is 13.6. The van der Waals surface area contributed by atoms with Crippen LogP contribution in [0.15, 0.2) is 55.2 Å². The van der Waals surface area contributed by atoms with Crippen molar-refractivity contribution in [3.63, 3.8) is 0 Å². The third-order valence-electron chi connectivity index (χ3n) is 5.56. The molecule has 0 spiro atoms. The monoisotopic (exact) mass is 401 g/mol. The summed E-state index contributed by atoms with van der Waals surface area (Å²) in [5.41, 5.74) is 9.92. The molecule has 3 N–H and O–H groups in total. The number of amides is 1. The second-order valence-electron chi connectivity index (χ2n) is 8.14. The number of benzene rings is 2. The summed E-state index contributed by atoms with van der Waals surface area (Å²) in [5.74, 6) is 0.550. The van der Waals surface area contributed by atoms with Crippen molar-refractivity contribution in [2.45, 2.75) is 38.3 Å². The quantitative estimate of drug-likeness (QED) is 0.618. The molecule has 1 heterocycles. The number of pyridine rings is 1. The highest BCUT2D eigenvalue weighted by Crippen LogP contribution is 2.48. The fourth-order valence-electron chi connectivity index (χ4n) is 3.75. The van der Waals surface area contributed by atoms with Gasteiger partial charge in [0.15, 0.2) is 0 Å². The summed E-state index contributed by atoms with van der Waals surface area (Å²) in [7, 11) is 0. The molecule has 0 aliphatic heterocycles. The molecule has 1 saturated carbocycles. The molecular formula is C25H27N3O2. The molecule has 5 nitrogen and oxygen atoms in total. The third-order valence-corrected chi connectivity index (χ3v) is 5.56. The van der Waals surface area contributed by atoms with Crippen LogP contribution in [0, 0.1) is 6.92 Å². The van der Waals surface area contributed by atoms with Crippen LogP contribution in [0.4, 0.5) is 0 Å². The van der Waals surface area contributed by atoms with Crippen LogP contribution in [0.5, 0.6) is 5.75 Å². The average molecular weight is 402 g/mol. The molecule has 1 fully saturated rings. The lowest BCUT2D eigenvalue weighted by Crippen LogP contribution is -2.35. The molecule has 4 rings (SSSR count). The molecule has 154 valence electrons. The molecular weight excluding hydrogens is 374 g/mol. The number of carbonyl (C=O) groups is 1. The van der Waals surface area contributed by atoms with Crippen LogP contribution in [-0.2, 0) is 5.54 Å². The Morgan fingerprint density at radius 1 is 1.33 bits per heavy atom. The Balaban J connectivity index is 1.65. The van der Waals surface area contributed by atoms with Crippen molar-refractivity contribution in [3.05, 3.63) is 77.5 Å². The lowest BCUT2D eigenvalue weighted by atomic mass is 9.95. The highest BCUT2D eigenvalue weighted by atomic mass is 16.5. The SMILES string of the molecule is C=Cc1cc(C2(NC(=O)c3cc(OC[C@H](C)N)ccc3C)CC2)c2cccnc2c1. The fourth-order valence-corrected chi connectivity index (χ4v) is 3.75. The van der Waals surface area contributed by atoms with Gasteiger partial charge in [0.2, 0.25) is 0 Å². The van der Waals surface area contributed by atoms with E-state index in [2.05, 4.69) is 29.0 Å². The first-order chi connectivity index (χ1) is 14.4. The maximum absolute atomic E-state index is 13.2. The van der Waals surface area contributed by atoms with Gasteiger partial charge in [-0.3, -0.25) is 9.78 Å². The minimum absolute atomic E-state index is 0.0719. The van der Waals surface area contributed by atoms with Crippen LogP contribution >= 0.6 is 0 Å². The van der Waals surface area contributed by atoms with Crippen molar-refractivity contribution in [1.29, 1.82) is 0 Å². The van der Waals surface area contributed by atoms with Gasteiger partial charge in [-0.2, -0.15) is 0 Å². The van der Waals surface area contributed by atoms with Gasteiger partial charge >= 0.3 is 0 Å². The predicted molar refractivity (Wildman–Crippen MR) is 121 cm³/mol. The molecule has 1 atom stereocenters. The first-order valence-corrected chi connectivity index (χ1v) is 10.2. The fraction of sp³-hybridized carbons (Fsp3) is 0.280. The van der Waals surface area contributed by atoms with Crippen LogP contribution < -0.4 is 15.8 Å². The van der Waals surface area contributed by atoms with Crippen molar-refractivity contribution in [2.24, 2.45) is 5.73 Å². The van der Waals surface area contributed by atoms with E-state index in [1.165, 1.54) is 0 Å². The summed E-state index contributed by atoms with van der Waals surface area (Å²) in [5, 5.41) is 4.36. The van der Waals surface area contributed by atoms with Crippen molar-refractivity contribution in [3.8, 4) is 5.75 Å². The summed E-state index contributed by atoms with van der Waals surface area (Å²) in [6.45, 7) is 8.12. The van der Waals surface area contributed by atoms with Gasteiger partial charge < -0.3 is 15.8 Å². The maximum atomic E-state index is 13.2. The number of nitrogens with two attached hydrogens (primary N) is 1. The van der Waals surface area contributed by atoms with Crippen molar-refractivity contribution in [1.82, 2.24) is 10.3 Å². The number of hydrogen-bond donors (Lipinski definition) is 2. The van der Waals surface area contributed by atoms with E-state index in [1.54, 1.807) is 12.3 Å². The number of aryl methyl sites for hydroxylation is 1. The van der Waals surface area contributed by atoms with Gasteiger partial charge in [0, 0.05) is 23.2 Å². The van der Waals surface area contributed by atoms with Crippen LogP contribution in [0.3, 0.4) is 0 Å². The van der Waals surface area contributed by atoms with Gasteiger partial charge in [-0.05, 0) is 73.7 Å². The van der Waals surface area contributed by atoms with E-state index in [9.17, 15) is 4.79 Å². The number of rotatable bonds is 7. The molecule has 0 bridgehead atoms. The van der Waals surface area contributed by atoms with Gasteiger partial charge in [0.05, 0.1) is 11.1 Å². The molecule has 3 aromatic rings. The summed E-state index contributed by atoms with van der Waals surface area (Å²) in [6.07, 6.45) is 5.39. The zero-order chi connectivity index (χ0) is 21.3. The lowest BCUT2D eigenvalue weighted by molar-refractivity contribution is 0.0930. The summed E-state index contributed by atoms with van der Waals surface area (Å²) in [4.78, 5) is 17.8. The van der Waals surface area contributed by atoms with E-state index in [1.807, 2.05) is 44.2 Å². The molecule has 1 aliphatic carbocycles. The van der Waals surface area contributed by atoms with Gasteiger partial charge in [-0.1, -0.05) is 24.8 Å². The zero-order valence-corrected chi connectivity index (χ0v) is 17.4. The van der Waals surface area contributed by atoms with E-state index in [-0.39, 0.29) is 17.5 Å².